The number of amides is 1. The third-order valence-electron chi connectivity index (χ3n) is 3.00. The average Bonchev–Trinajstić information content (AvgIpc) is 2.57. The lowest BCUT2D eigenvalue weighted by Gasteiger charge is -2.33. The van der Waals surface area contributed by atoms with Crippen LogP contribution in [0.5, 0.6) is 0 Å². The second kappa shape index (κ2) is 6.96. The standard InChI is InChI=1S/C11H16Cl2N2OS.ClH/c1-6(2)11(3,5-14)15-10(16)7-4-8(12)17-9(7)13;/h4,6H,5,14H2,1-3H3,(H,15,16);1H. The summed E-state index contributed by atoms with van der Waals surface area (Å²) in [7, 11) is 0. The van der Waals surface area contributed by atoms with Crippen molar-refractivity contribution in [1.29, 1.82) is 0 Å². The highest BCUT2D eigenvalue weighted by Crippen LogP contribution is 2.31. The Balaban J connectivity index is 0.00000289. The molecule has 1 amide bonds. The quantitative estimate of drug-likeness (QED) is 0.886. The van der Waals surface area contributed by atoms with E-state index in [1.165, 1.54) is 11.3 Å². The van der Waals surface area contributed by atoms with Crippen molar-refractivity contribution in [3.63, 3.8) is 0 Å². The maximum absolute atomic E-state index is 12.1. The van der Waals surface area contributed by atoms with Crippen LogP contribution in [0.15, 0.2) is 6.07 Å². The summed E-state index contributed by atoms with van der Waals surface area (Å²) in [6, 6.07) is 1.57. The predicted molar refractivity (Wildman–Crippen MR) is 81.4 cm³/mol. The number of thiophene rings is 1. The molecule has 1 aromatic heterocycles. The van der Waals surface area contributed by atoms with Gasteiger partial charge in [0.05, 0.1) is 15.4 Å². The molecule has 1 heterocycles. The maximum Gasteiger partial charge on any atom is 0.254 e. The predicted octanol–water partition coefficient (Wildman–Crippen LogP) is 3.58. The Morgan fingerprint density at radius 3 is 2.44 bits per heavy atom. The molecule has 0 radical (unpaired) electrons. The summed E-state index contributed by atoms with van der Waals surface area (Å²) in [5, 5.41) is 2.91. The lowest BCUT2D eigenvalue weighted by atomic mass is 9.88. The fourth-order valence-electron chi connectivity index (χ4n) is 1.25. The van der Waals surface area contributed by atoms with Gasteiger partial charge in [-0.3, -0.25) is 4.79 Å². The van der Waals surface area contributed by atoms with Crippen molar-refractivity contribution in [3.8, 4) is 0 Å². The van der Waals surface area contributed by atoms with Gasteiger partial charge in [-0.2, -0.15) is 0 Å². The van der Waals surface area contributed by atoms with Crippen molar-refractivity contribution in [2.45, 2.75) is 26.3 Å². The van der Waals surface area contributed by atoms with Crippen molar-refractivity contribution >= 4 is 52.9 Å². The van der Waals surface area contributed by atoms with Crippen molar-refractivity contribution in [2.75, 3.05) is 6.54 Å². The van der Waals surface area contributed by atoms with E-state index in [0.29, 0.717) is 20.8 Å². The first-order valence-electron chi connectivity index (χ1n) is 5.27. The molecular formula is C11H17Cl3N2OS. The molecule has 1 aromatic rings. The first kappa shape index (κ1) is 18.0. The highest BCUT2D eigenvalue weighted by molar-refractivity contribution is 7.20. The van der Waals surface area contributed by atoms with E-state index < -0.39 is 5.54 Å². The van der Waals surface area contributed by atoms with Crippen molar-refractivity contribution in [2.24, 2.45) is 11.7 Å². The SMILES string of the molecule is CC(C)C(C)(CN)NC(=O)c1cc(Cl)sc1Cl.Cl. The van der Waals surface area contributed by atoms with Crippen LogP contribution >= 0.6 is 46.9 Å². The first-order valence-corrected chi connectivity index (χ1v) is 6.85. The zero-order valence-corrected chi connectivity index (χ0v) is 13.6. The van der Waals surface area contributed by atoms with Crippen LogP contribution in [-0.4, -0.2) is 18.0 Å². The minimum absolute atomic E-state index is 0. The highest BCUT2D eigenvalue weighted by Gasteiger charge is 2.30. The number of hydrogen-bond donors (Lipinski definition) is 2. The molecule has 0 bridgehead atoms. The molecule has 0 spiro atoms. The average molecular weight is 332 g/mol. The normalized spacial score (nSPS) is 13.9. The lowest BCUT2D eigenvalue weighted by molar-refractivity contribution is 0.0884. The summed E-state index contributed by atoms with van der Waals surface area (Å²) in [5.41, 5.74) is 5.66. The molecule has 0 fully saturated rings. The maximum atomic E-state index is 12.1. The van der Waals surface area contributed by atoms with Crippen molar-refractivity contribution in [3.05, 3.63) is 20.3 Å². The molecule has 7 heteroatoms. The first-order chi connectivity index (χ1) is 7.80. The number of carbonyl (C=O) groups is 1. The zero-order valence-electron chi connectivity index (χ0n) is 10.4. The third-order valence-corrected chi connectivity index (χ3v) is 4.49. The van der Waals surface area contributed by atoms with Crippen LogP contribution in [-0.2, 0) is 0 Å². The van der Waals surface area contributed by atoms with Gasteiger partial charge in [-0.25, -0.2) is 0 Å². The van der Waals surface area contributed by atoms with Crippen LogP contribution in [0.1, 0.15) is 31.1 Å². The lowest BCUT2D eigenvalue weighted by Crippen LogP contribution is -2.55. The van der Waals surface area contributed by atoms with E-state index in [1.807, 2.05) is 20.8 Å². The van der Waals surface area contributed by atoms with E-state index in [1.54, 1.807) is 6.07 Å². The van der Waals surface area contributed by atoms with Gasteiger partial charge in [-0.15, -0.1) is 23.7 Å². The summed E-state index contributed by atoms with van der Waals surface area (Å²) < 4.78 is 0.898. The second-order valence-electron chi connectivity index (χ2n) is 4.47. The van der Waals surface area contributed by atoms with Crippen LogP contribution in [0, 0.1) is 5.92 Å². The van der Waals surface area contributed by atoms with Crippen LogP contribution < -0.4 is 11.1 Å². The van der Waals surface area contributed by atoms with Crippen molar-refractivity contribution < 1.29 is 4.79 Å². The zero-order chi connectivity index (χ0) is 13.2. The van der Waals surface area contributed by atoms with E-state index in [4.69, 9.17) is 28.9 Å². The number of nitrogens with two attached hydrogens (primary N) is 1. The molecule has 0 aliphatic heterocycles. The van der Waals surface area contributed by atoms with Crippen LogP contribution in [0.25, 0.3) is 0 Å². The Morgan fingerprint density at radius 2 is 2.11 bits per heavy atom. The summed E-state index contributed by atoms with van der Waals surface area (Å²) in [6.07, 6.45) is 0. The Labute approximate surface area is 127 Å². The number of hydrogen-bond acceptors (Lipinski definition) is 3. The number of carbonyl (C=O) groups excluding carboxylic acids is 1. The van der Waals surface area contributed by atoms with Gasteiger partial charge in [-0.1, -0.05) is 37.0 Å². The van der Waals surface area contributed by atoms with Crippen LogP contribution in [0.4, 0.5) is 0 Å². The molecule has 3 N–H and O–H groups in total. The summed E-state index contributed by atoms with van der Waals surface area (Å²) in [4.78, 5) is 12.1. The van der Waals surface area contributed by atoms with Crippen LogP contribution in [0.3, 0.4) is 0 Å². The summed E-state index contributed by atoms with van der Waals surface area (Å²) in [5.74, 6) is -0.0101. The van der Waals surface area contributed by atoms with Gasteiger partial charge in [0.1, 0.15) is 4.34 Å². The van der Waals surface area contributed by atoms with Gasteiger partial charge in [0.25, 0.3) is 5.91 Å². The van der Waals surface area contributed by atoms with Gasteiger partial charge in [0.2, 0.25) is 0 Å². The molecule has 0 saturated carbocycles. The minimum atomic E-state index is -0.450. The Morgan fingerprint density at radius 1 is 1.56 bits per heavy atom. The molecule has 3 nitrogen and oxygen atoms in total. The van der Waals surface area contributed by atoms with Gasteiger partial charge >= 0.3 is 0 Å². The monoisotopic (exact) mass is 330 g/mol. The molecule has 1 rings (SSSR count). The Hall–Kier alpha value is -0.000000000000000222. The highest BCUT2D eigenvalue weighted by atomic mass is 35.5. The van der Waals surface area contributed by atoms with E-state index in [-0.39, 0.29) is 24.2 Å². The van der Waals surface area contributed by atoms with Gasteiger partial charge < -0.3 is 11.1 Å². The number of halogens is 3. The van der Waals surface area contributed by atoms with E-state index in [2.05, 4.69) is 5.32 Å². The molecule has 0 saturated heterocycles. The number of nitrogens with one attached hydrogen (secondary N) is 1. The fourth-order valence-corrected chi connectivity index (χ4v) is 2.71. The number of rotatable bonds is 4. The topological polar surface area (TPSA) is 55.1 Å². The van der Waals surface area contributed by atoms with Crippen LogP contribution in [0.2, 0.25) is 8.67 Å². The van der Waals surface area contributed by atoms with E-state index in [9.17, 15) is 4.79 Å². The molecule has 104 valence electrons. The Bertz CT molecular complexity index is 422. The molecule has 0 aromatic carbocycles. The second-order valence-corrected chi connectivity index (χ2v) is 6.75. The minimum Gasteiger partial charge on any atom is -0.345 e. The fraction of sp³-hybridized carbons (Fsp3) is 0.545. The smallest absolute Gasteiger partial charge is 0.254 e. The molecule has 18 heavy (non-hydrogen) atoms. The summed E-state index contributed by atoms with van der Waals surface area (Å²) in [6.45, 7) is 6.30. The third kappa shape index (κ3) is 4.00. The van der Waals surface area contributed by atoms with Gasteiger partial charge in [-0.05, 0) is 18.9 Å². The largest absolute Gasteiger partial charge is 0.345 e. The van der Waals surface area contributed by atoms with Crippen molar-refractivity contribution in [1.82, 2.24) is 5.32 Å². The van der Waals surface area contributed by atoms with E-state index in [0.717, 1.165) is 0 Å². The summed E-state index contributed by atoms with van der Waals surface area (Å²) >= 11 is 12.9. The van der Waals surface area contributed by atoms with E-state index >= 15 is 0 Å². The molecule has 0 aliphatic rings. The molecule has 1 unspecified atom stereocenters. The molecule has 0 aliphatic carbocycles. The molecular weight excluding hydrogens is 315 g/mol. The van der Waals surface area contributed by atoms with Gasteiger partial charge in [0, 0.05) is 6.54 Å². The van der Waals surface area contributed by atoms with Gasteiger partial charge in [0.15, 0.2) is 0 Å². The molecule has 1 atom stereocenters. The Kier molecular flexibility index (Phi) is 6.96.